The van der Waals surface area contributed by atoms with Gasteiger partial charge >= 0.3 is 0 Å². The smallest absolute Gasteiger partial charge is 0.193 e. The first-order chi connectivity index (χ1) is 8.33. The Morgan fingerprint density at radius 1 is 1.47 bits per heavy atom. The SMILES string of the molecule is Nc1nc(SCOCC2CC2)nc2sccc12. The van der Waals surface area contributed by atoms with Gasteiger partial charge in [-0.3, -0.25) is 0 Å². The van der Waals surface area contributed by atoms with Crippen molar-refractivity contribution in [2.75, 3.05) is 18.3 Å². The van der Waals surface area contributed by atoms with E-state index in [0.29, 0.717) is 16.9 Å². The molecule has 0 bridgehead atoms. The molecule has 1 saturated carbocycles. The highest BCUT2D eigenvalue weighted by Gasteiger charge is 2.21. The van der Waals surface area contributed by atoms with E-state index in [-0.39, 0.29) is 0 Å². The van der Waals surface area contributed by atoms with Gasteiger partial charge in [-0.2, -0.15) is 0 Å². The van der Waals surface area contributed by atoms with Crippen LogP contribution in [0, 0.1) is 5.92 Å². The Kier molecular flexibility index (Phi) is 3.17. The van der Waals surface area contributed by atoms with Gasteiger partial charge in [0.1, 0.15) is 10.6 Å². The molecule has 2 heterocycles. The number of rotatable bonds is 5. The zero-order chi connectivity index (χ0) is 11.7. The van der Waals surface area contributed by atoms with Crippen molar-refractivity contribution in [1.82, 2.24) is 9.97 Å². The van der Waals surface area contributed by atoms with E-state index < -0.39 is 0 Å². The van der Waals surface area contributed by atoms with Gasteiger partial charge in [-0.05, 0) is 30.2 Å². The highest BCUT2D eigenvalue weighted by Crippen LogP contribution is 2.30. The summed E-state index contributed by atoms with van der Waals surface area (Å²) in [6, 6.07) is 1.95. The third kappa shape index (κ3) is 2.70. The summed E-state index contributed by atoms with van der Waals surface area (Å²) in [5, 5.41) is 3.62. The van der Waals surface area contributed by atoms with Crippen LogP contribution >= 0.6 is 23.1 Å². The quantitative estimate of drug-likeness (QED) is 0.390. The Bertz CT molecular complexity index is 524. The lowest BCUT2D eigenvalue weighted by molar-refractivity contribution is 0.171. The minimum atomic E-state index is 0.556. The molecule has 1 aliphatic carbocycles. The number of hydrogen-bond donors (Lipinski definition) is 1. The summed E-state index contributed by atoms with van der Waals surface area (Å²) >= 11 is 3.09. The van der Waals surface area contributed by atoms with Gasteiger partial charge in [0.05, 0.1) is 17.9 Å². The van der Waals surface area contributed by atoms with Crippen molar-refractivity contribution in [2.24, 2.45) is 5.92 Å². The average Bonchev–Trinajstić information content (AvgIpc) is 3.01. The molecule has 1 aliphatic rings. The third-order valence-electron chi connectivity index (χ3n) is 2.66. The Hall–Kier alpha value is -0.850. The highest BCUT2D eigenvalue weighted by molar-refractivity contribution is 7.99. The zero-order valence-electron chi connectivity index (χ0n) is 9.26. The fraction of sp³-hybridized carbons (Fsp3) is 0.455. The van der Waals surface area contributed by atoms with Crippen LogP contribution in [0.2, 0.25) is 0 Å². The second kappa shape index (κ2) is 4.80. The van der Waals surface area contributed by atoms with E-state index in [9.17, 15) is 0 Å². The molecule has 17 heavy (non-hydrogen) atoms. The summed E-state index contributed by atoms with van der Waals surface area (Å²) in [6.45, 7) is 0.865. The Morgan fingerprint density at radius 2 is 2.35 bits per heavy atom. The van der Waals surface area contributed by atoms with E-state index in [1.165, 1.54) is 24.6 Å². The van der Waals surface area contributed by atoms with Crippen molar-refractivity contribution in [3.63, 3.8) is 0 Å². The maximum Gasteiger partial charge on any atom is 0.193 e. The molecule has 90 valence electrons. The van der Waals surface area contributed by atoms with Crippen LogP contribution in [-0.4, -0.2) is 22.5 Å². The molecule has 2 aromatic heterocycles. The average molecular weight is 267 g/mol. The summed E-state index contributed by atoms with van der Waals surface area (Å²) in [7, 11) is 0. The number of nitrogen functional groups attached to an aromatic ring is 1. The molecule has 0 spiro atoms. The first-order valence-corrected chi connectivity index (χ1v) is 7.41. The first kappa shape index (κ1) is 11.3. The van der Waals surface area contributed by atoms with Gasteiger partial charge in [0, 0.05) is 0 Å². The van der Waals surface area contributed by atoms with Gasteiger partial charge in [-0.25, -0.2) is 9.97 Å². The molecule has 0 aliphatic heterocycles. The topological polar surface area (TPSA) is 61.0 Å². The van der Waals surface area contributed by atoms with Gasteiger partial charge in [0.2, 0.25) is 0 Å². The number of nitrogens with two attached hydrogens (primary N) is 1. The van der Waals surface area contributed by atoms with Crippen LogP contribution in [0.4, 0.5) is 5.82 Å². The van der Waals surface area contributed by atoms with E-state index in [0.717, 1.165) is 22.7 Å². The van der Waals surface area contributed by atoms with E-state index in [2.05, 4.69) is 9.97 Å². The van der Waals surface area contributed by atoms with Crippen LogP contribution in [0.15, 0.2) is 16.6 Å². The molecule has 6 heteroatoms. The maximum atomic E-state index is 5.87. The van der Waals surface area contributed by atoms with E-state index in [1.807, 2.05) is 11.4 Å². The Labute approximate surface area is 108 Å². The lowest BCUT2D eigenvalue weighted by Crippen LogP contribution is -1.98. The molecule has 0 saturated heterocycles. The molecule has 0 unspecified atom stereocenters. The van der Waals surface area contributed by atoms with Crippen molar-refractivity contribution in [3.05, 3.63) is 11.4 Å². The van der Waals surface area contributed by atoms with Crippen molar-refractivity contribution in [2.45, 2.75) is 18.0 Å². The van der Waals surface area contributed by atoms with Crippen LogP contribution in [0.25, 0.3) is 10.2 Å². The van der Waals surface area contributed by atoms with E-state index in [1.54, 1.807) is 11.3 Å². The van der Waals surface area contributed by atoms with Gasteiger partial charge in [0.15, 0.2) is 5.16 Å². The zero-order valence-corrected chi connectivity index (χ0v) is 10.9. The maximum absolute atomic E-state index is 5.87. The standard InChI is InChI=1S/C11H13N3OS2/c12-9-8-3-4-16-10(8)14-11(13-9)17-6-15-5-7-1-2-7/h3-4,7H,1-2,5-6H2,(H2,12,13,14). The second-order valence-corrected chi connectivity index (χ2v) is 5.89. The first-order valence-electron chi connectivity index (χ1n) is 5.54. The fourth-order valence-electron chi connectivity index (χ4n) is 1.52. The molecule has 0 aromatic carbocycles. The largest absolute Gasteiger partial charge is 0.383 e. The normalized spacial score (nSPS) is 15.5. The van der Waals surface area contributed by atoms with Crippen molar-refractivity contribution < 1.29 is 4.74 Å². The molecule has 2 aromatic rings. The van der Waals surface area contributed by atoms with E-state index in [4.69, 9.17) is 10.5 Å². The van der Waals surface area contributed by atoms with Crippen LogP contribution < -0.4 is 5.73 Å². The predicted octanol–water partition coefficient (Wildman–Crippen LogP) is 2.75. The van der Waals surface area contributed by atoms with Crippen LogP contribution in [0.3, 0.4) is 0 Å². The summed E-state index contributed by atoms with van der Waals surface area (Å²) < 4.78 is 5.54. The number of aromatic nitrogens is 2. The summed E-state index contributed by atoms with van der Waals surface area (Å²) in [5.41, 5.74) is 5.87. The van der Waals surface area contributed by atoms with Crippen molar-refractivity contribution in [3.8, 4) is 0 Å². The number of hydrogen-bond acceptors (Lipinski definition) is 6. The number of thiophene rings is 1. The van der Waals surface area contributed by atoms with E-state index >= 15 is 0 Å². The molecular weight excluding hydrogens is 254 g/mol. The van der Waals surface area contributed by atoms with Crippen molar-refractivity contribution >= 4 is 39.1 Å². The van der Waals surface area contributed by atoms with Gasteiger partial charge in [-0.1, -0.05) is 11.8 Å². The summed E-state index contributed by atoms with van der Waals surface area (Å²) in [5.74, 6) is 1.95. The fourth-order valence-corrected chi connectivity index (χ4v) is 2.95. The minimum absolute atomic E-state index is 0.556. The van der Waals surface area contributed by atoms with Gasteiger partial charge < -0.3 is 10.5 Å². The number of nitrogens with zero attached hydrogens (tertiary/aromatic N) is 2. The van der Waals surface area contributed by atoms with Crippen LogP contribution in [-0.2, 0) is 4.74 Å². The summed E-state index contributed by atoms with van der Waals surface area (Å²) in [6.07, 6.45) is 2.63. The van der Waals surface area contributed by atoms with Crippen LogP contribution in [0.1, 0.15) is 12.8 Å². The van der Waals surface area contributed by atoms with Crippen LogP contribution in [0.5, 0.6) is 0 Å². The minimum Gasteiger partial charge on any atom is -0.383 e. The molecule has 0 atom stereocenters. The Morgan fingerprint density at radius 3 is 3.18 bits per heavy atom. The number of anilines is 1. The lowest BCUT2D eigenvalue weighted by atomic mass is 10.4. The number of fused-ring (bicyclic) bond motifs is 1. The molecule has 1 fully saturated rings. The predicted molar refractivity (Wildman–Crippen MR) is 71.2 cm³/mol. The van der Waals surface area contributed by atoms with Gasteiger partial charge in [-0.15, -0.1) is 11.3 Å². The molecule has 0 radical (unpaired) electrons. The molecule has 0 amide bonds. The second-order valence-electron chi connectivity index (χ2n) is 4.11. The summed E-state index contributed by atoms with van der Waals surface area (Å²) in [4.78, 5) is 9.65. The monoisotopic (exact) mass is 267 g/mol. The highest BCUT2D eigenvalue weighted by atomic mass is 32.2. The number of ether oxygens (including phenoxy) is 1. The number of thioether (sulfide) groups is 1. The third-order valence-corrected chi connectivity index (χ3v) is 4.19. The van der Waals surface area contributed by atoms with Gasteiger partial charge in [0.25, 0.3) is 0 Å². The van der Waals surface area contributed by atoms with Crippen molar-refractivity contribution in [1.29, 1.82) is 0 Å². The molecule has 3 rings (SSSR count). The lowest BCUT2D eigenvalue weighted by Gasteiger charge is -2.03. The molecular formula is C11H13N3OS2. The molecule has 2 N–H and O–H groups in total. The Balaban J connectivity index is 1.63. The molecule has 4 nitrogen and oxygen atoms in total.